The van der Waals surface area contributed by atoms with E-state index < -0.39 is 0 Å². The number of rotatable bonds is 7. The number of pyridine rings is 1. The molecule has 0 aliphatic heterocycles. The van der Waals surface area contributed by atoms with Crippen LogP contribution in [0.1, 0.15) is 24.7 Å². The summed E-state index contributed by atoms with van der Waals surface area (Å²) < 4.78 is 0. The lowest BCUT2D eigenvalue weighted by Crippen LogP contribution is -2.25. The second kappa shape index (κ2) is 7.65. The van der Waals surface area contributed by atoms with Gasteiger partial charge in [0.2, 0.25) is 0 Å². The lowest BCUT2D eigenvalue weighted by molar-refractivity contribution is 0.274. The summed E-state index contributed by atoms with van der Waals surface area (Å²) in [6, 6.07) is 6.08. The number of hydrogen-bond acceptors (Lipinski definition) is 3. The van der Waals surface area contributed by atoms with Crippen molar-refractivity contribution < 1.29 is 0 Å². The second-order valence-corrected chi connectivity index (χ2v) is 3.95. The van der Waals surface area contributed by atoms with Crippen molar-refractivity contribution in [3.8, 4) is 0 Å². The van der Waals surface area contributed by atoms with Gasteiger partial charge in [0.1, 0.15) is 0 Å². The SMILES string of the molecule is CCN(CCCN=[N+]=[N-])Cc1cccc(C)n1. The quantitative estimate of drug-likeness (QED) is 0.314. The zero-order valence-electron chi connectivity index (χ0n) is 10.5. The first-order valence-electron chi connectivity index (χ1n) is 5.92. The van der Waals surface area contributed by atoms with Crippen molar-refractivity contribution in [1.29, 1.82) is 0 Å². The summed E-state index contributed by atoms with van der Waals surface area (Å²) >= 11 is 0. The molecule has 17 heavy (non-hydrogen) atoms. The fourth-order valence-electron chi connectivity index (χ4n) is 1.68. The summed E-state index contributed by atoms with van der Waals surface area (Å²) in [5, 5.41) is 3.54. The molecule has 0 saturated heterocycles. The summed E-state index contributed by atoms with van der Waals surface area (Å²) in [7, 11) is 0. The van der Waals surface area contributed by atoms with Crippen LogP contribution in [0.2, 0.25) is 0 Å². The minimum Gasteiger partial charge on any atom is -0.298 e. The van der Waals surface area contributed by atoms with Gasteiger partial charge in [0.25, 0.3) is 0 Å². The van der Waals surface area contributed by atoms with E-state index in [9.17, 15) is 0 Å². The van der Waals surface area contributed by atoms with E-state index in [1.165, 1.54) is 0 Å². The molecule has 0 fully saturated rings. The molecule has 0 aliphatic rings. The molecule has 0 amide bonds. The van der Waals surface area contributed by atoms with E-state index in [4.69, 9.17) is 5.53 Å². The van der Waals surface area contributed by atoms with Crippen LogP contribution in [0.25, 0.3) is 10.4 Å². The van der Waals surface area contributed by atoms with Gasteiger partial charge in [-0.3, -0.25) is 9.88 Å². The van der Waals surface area contributed by atoms with Crippen molar-refractivity contribution in [3.63, 3.8) is 0 Å². The Bertz CT molecular complexity index is 384. The minimum absolute atomic E-state index is 0.564. The molecule has 92 valence electrons. The molecule has 0 unspecified atom stereocenters. The molecule has 0 aliphatic carbocycles. The highest BCUT2D eigenvalue weighted by Crippen LogP contribution is 2.04. The van der Waals surface area contributed by atoms with E-state index in [0.717, 1.165) is 37.4 Å². The van der Waals surface area contributed by atoms with Crippen LogP contribution in [-0.2, 0) is 6.54 Å². The van der Waals surface area contributed by atoms with Crippen molar-refractivity contribution in [2.45, 2.75) is 26.8 Å². The Morgan fingerprint density at radius 3 is 2.94 bits per heavy atom. The molecule has 0 N–H and O–H groups in total. The Labute approximate surface area is 102 Å². The topological polar surface area (TPSA) is 64.9 Å². The predicted molar refractivity (Wildman–Crippen MR) is 68.6 cm³/mol. The zero-order chi connectivity index (χ0) is 12.5. The second-order valence-electron chi connectivity index (χ2n) is 3.95. The number of azide groups is 1. The molecule has 0 aromatic carbocycles. The molecule has 0 radical (unpaired) electrons. The number of aryl methyl sites for hydroxylation is 1. The highest BCUT2D eigenvalue weighted by atomic mass is 15.1. The van der Waals surface area contributed by atoms with E-state index in [0.29, 0.717) is 6.54 Å². The Morgan fingerprint density at radius 1 is 1.47 bits per heavy atom. The van der Waals surface area contributed by atoms with Gasteiger partial charge in [-0.15, -0.1) is 0 Å². The first-order chi connectivity index (χ1) is 8.26. The molecule has 5 nitrogen and oxygen atoms in total. The number of hydrogen-bond donors (Lipinski definition) is 0. The van der Waals surface area contributed by atoms with Crippen molar-refractivity contribution >= 4 is 0 Å². The van der Waals surface area contributed by atoms with Crippen molar-refractivity contribution in [2.24, 2.45) is 5.11 Å². The predicted octanol–water partition coefficient (Wildman–Crippen LogP) is 2.91. The third-order valence-corrected chi connectivity index (χ3v) is 2.57. The molecular weight excluding hydrogens is 214 g/mol. The molecule has 0 bridgehead atoms. The minimum atomic E-state index is 0.564. The Balaban J connectivity index is 2.43. The average Bonchev–Trinajstić information content (AvgIpc) is 2.33. The first kappa shape index (κ1) is 13.5. The number of nitrogens with zero attached hydrogens (tertiary/aromatic N) is 5. The highest BCUT2D eigenvalue weighted by molar-refractivity contribution is 5.09. The maximum absolute atomic E-state index is 8.19. The van der Waals surface area contributed by atoms with Gasteiger partial charge >= 0.3 is 0 Å². The van der Waals surface area contributed by atoms with Gasteiger partial charge < -0.3 is 0 Å². The van der Waals surface area contributed by atoms with Crippen LogP contribution in [0, 0.1) is 6.92 Å². The van der Waals surface area contributed by atoms with Crippen LogP contribution in [0.5, 0.6) is 0 Å². The summed E-state index contributed by atoms with van der Waals surface area (Å²) in [6.45, 7) is 7.46. The van der Waals surface area contributed by atoms with Gasteiger partial charge in [-0.1, -0.05) is 18.1 Å². The van der Waals surface area contributed by atoms with Gasteiger partial charge in [-0.05, 0) is 44.1 Å². The van der Waals surface area contributed by atoms with E-state index in [-0.39, 0.29) is 0 Å². The third kappa shape index (κ3) is 5.33. The van der Waals surface area contributed by atoms with Crippen LogP contribution in [0.3, 0.4) is 0 Å². The fraction of sp³-hybridized carbons (Fsp3) is 0.583. The molecule has 1 aromatic rings. The fourth-order valence-corrected chi connectivity index (χ4v) is 1.68. The Hall–Kier alpha value is -1.58. The van der Waals surface area contributed by atoms with Gasteiger partial charge in [-0.2, -0.15) is 0 Å². The average molecular weight is 233 g/mol. The van der Waals surface area contributed by atoms with E-state index >= 15 is 0 Å². The van der Waals surface area contributed by atoms with Crippen LogP contribution >= 0.6 is 0 Å². The Morgan fingerprint density at radius 2 is 2.29 bits per heavy atom. The molecule has 1 heterocycles. The maximum Gasteiger partial charge on any atom is 0.0547 e. The molecule has 1 aromatic heterocycles. The van der Waals surface area contributed by atoms with Crippen LogP contribution in [0.4, 0.5) is 0 Å². The van der Waals surface area contributed by atoms with Gasteiger partial charge in [0, 0.05) is 23.7 Å². The molecule has 0 atom stereocenters. The van der Waals surface area contributed by atoms with Gasteiger partial charge in [0.05, 0.1) is 5.69 Å². The lowest BCUT2D eigenvalue weighted by Gasteiger charge is -2.19. The van der Waals surface area contributed by atoms with Crippen molar-refractivity contribution in [3.05, 3.63) is 40.0 Å². The van der Waals surface area contributed by atoms with Crippen molar-refractivity contribution in [1.82, 2.24) is 9.88 Å². The normalized spacial score (nSPS) is 10.3. The summed E-state index contributed by atoms with van der Waals surface area (Å²) in [5.41, 5.74) is 10.3. The largest absolute Gasteiger partial charge is 0.298 e. The maximum atomic E-state index is 8.19. The monoisotopic (exact) mass is 233 g/mol. The van der Waals surface area contributed by atoms with Crippen molar-refractivity contribution in [2.75, 3.05) is 19.6 Å². The summed E-state index contributed by atoms with van der Waals surface area (Å²) in [6.07, 6.45) is 0.893. The summed E-state index contributed by atoms with van der Waals surface area (Å²) in [4.78, 5) is 9.53. The van der Waals surface area contributed by atoms with E-state index in [2.05, 4.69) is 26.8 Å². The third-order valence-electron chi connectivity index (χ3n) is 2.57. The smallest absolute Gasteiger partial charge is 0.0547 e. The molecular formula is C12H19N5. The van der Waals surface area contributed by atoms with Gasteiger partial charge in [0.15, 0.2) is 0 Å². The van der Waals surface area contributed by atoms with Gasteiger partial charge in [-0.25, -0.2) is 0 Å². The van der Waals surface area contributed by atoms with Crippen LogP contribution in [0.15, 0.2) is 23.3 Å². The lowest BCUT2D eigenvalue weighted by atomic mass is 10.3. The molecule has 0 saturated carbocycles. The highest BCUT2D eigenvalue weighted by Gasteiger charge is 2.04. The molecule has 5 heteroatoms. The number of aromatic nitrogens is 1. The van der Waals surface area contributed by atoms with Crippen LogP contribution < -0.4 is 0 Å². The zero-order valence-corrected chi connectivity index (χ0v) is 10.5. The van der Waals surface area contributed by atoms with Crippen LogP contribution in [-0.4, -0.2) is 29.5 Å². The first-order valence-corrected chi connectivity index (χ1v) is 5.92. The Kier molecular flexibility index (Phi) is 6.07. The summed E-state index contributed by atoms with van der Waals surface area (Å²) in [5.74, 6) is 0. The molecule has 1 rings (SSSR count). The van der Waals surface area contributed by atoms with E-state index in [1.807, 2.05) is 25.1 Å². The van der Waals surface area contributed by atoms with E-state index in [1.54, 1.807) is 0 Å². The standard InChI is InChI=1S/C12H19N5/c1-3-17(9-5-8-14-16-13)10-12-7-4-6-11(2)15-12/h4,6-7H,3,5,8-10H2,1-2H3. The molecule has 0 spiro atoms.